The fourth-order valence-electron chi connectivity index (χ4n) is 0.959. The van der Waals surface area contributed by atoms with Crippen molar-refractivity contribution in [1.29, 1.82) is 0 Å². The van der Waals surface area contributed by atoms with Crippen molar-refractivity contribution in [2.75, 3.05) is 19.0 Å². The van der Waals surface area contributed by atoms with E-state index >= 15 is 0 Å². The Balaban J connectivity index is 2.71. The summed E-state index contributed by atoms with van der Waals surface area (Å²) >= 11 is 1.40. The standard InChI is InChI=1S/C9H13NO2S/c1-3-5-10-7-4-6-13-8(7)9(11)12-2/h4,6,10H,3,5H2,1-2H3. The zero-order valence-electron chi connectivity index (χ0n) is 7.79. The van der Waals surface area contributed by atoms with Crippen molar-refractivity contribution in [2.45, 2.75) is 13.3 Å². The topological polar surface area (TPSA) is 38.3 Å². The van der Waals surface area contributed by atoms with E-state index in [-0.39, 0.29) is 5.97 Å². The van der Waals surface area contributed by atoms with Crippen LogP contribution in [0.25, 0.3) is 0 Å². The number of carbonyl (C=O) groups is 1. The summed E-state index contributed by atoms with van der Waals surface area (Å²) in [6.07, 6.45) is 1.04. The van der Waals surface area contributed by atoms with E-state index in [1.54, 1.807) is 0 Å². The largest absolute Gasteiger partial charge is 0.465 e. The first-order chi connectivity index (χ1) is 6.29. The minimum Gasteiger partial charge on any atom is -0.465 e. The third-order valence-corrected chi connectivity index (χ3v) is 2.50. The van der Waals surface area contributed by atoms with Gasteiger partial charge in [-0.1, -0.05) is 6.92 Å². The van der Waals surface area contributed by atoms with Crippen LogP contribution >= 0.6 is 11.3 Å². The summed E-state index contributed by atoms with van der Waals surface area (Å²) in [7, 11) is 1.39. The van der Waals surface area contributed by atoms with Crippen molar-refractivity contribution in [3.63, 3.8) is 0 Å². The lowest BCUT2D eigenvalue weighted by Crippen LogP contribution is -2.05. The third kappa shape index (κ3) is 2.45. The van der Waals surface area contributed by atoms with E-state index < -0.39 is 0 Å². The van der Waals surface area contributed by atoms with Crippen LogP contribution in [0.4, 0.5) is 5.69 Å². The predicted molar refractivity (Wildman–Crippen MR) is 54.4 cm³/mol. The summed E-state index contributed by atoms with van der Waals surface area (Å²) in [4.78, 5) is 11.9. The molecule has 0 fully saturated rings. The molecule has 0 radical (unpaired) electrons. The molecule has 4 heteroatoms. The highest BCUT2D eigenvalue weighted by molar-refractivity contribution is 7.12. The molecular formula is C9H13NO2S. The van der Waals surface area contributed by atoms with Crippen molar-refractivity contribution in [3.8, 4) is 0 Å². The molecular weight excluding hydrogens is 186 g/mol. The van der Waals surface area contributed by atoms with Gasteiger partial charge in [0.05, 0.1) is 12.8 Å². The highest BCUT2D eigenvalue weighted by atomic mass is 32.1. The molecule has 0 amide bonds. The molecule has 72 valence electrons. The molecule has 0 saturated heterocycles. The number of hydrogen-bond donors (Lipinski definition) is 1. The van der Waals surface area contributed by atoms with Gasteiger partial charge < -0.3 is 10.1 Å². The summed E-state index contributed by atoms with van der Waals surface area (Å²) in [5, 5.41) is 5.05. The van der Waals surface area contributed by atoms with Gasteiger partial charge in [0.25, 0.3) is 0 Å². The summed E-state index contributed by atoms with van der Waals surface area (Å²) in [6.45, 7) is 2.96. The molecule has 0 spiro atoms. The Labute approximate surface area is 81.7 Å². The number of hydrogen-bond acceptors (Lipinski definition) is 4. The zero-order valence-corrected chi connectivity index (χ0v) is 8.61. The average Bonchev–Trinajstić information content (AvgIpc) is 2.61. The number of ether oxygens (including phenoxy) is 1. The van der Waals surface area contributed by atoms with Crippen LogP contribution in [0, 0.1) is 0 Å². The molecule has 0 bridgehead atoms. The Bertz CT molecular complexity index is 283. The maximum atomic E-state index is 11.2. The van der Waals surface area contributed by atoms with Crippen LogP contribution in [0.3, 0.4) is 0 Å². The van der Waals surface area contributed by atoms with Gasteiger partial charge in [0.15, 0.2) is 0 Å². The maximum Gasteiger partial charge on any atom is 0.350 e. The van der Waals surface area contributed by atoms with Crippen molar-refractivity contribution in [1.82, 2.24) is 0 Å². The van der Waals surface area contributed by atoms with Gasteiger partial charge in [-0.05, 0) is 17.9 Å². The highest BCUT2D eigenvalue weighted by Gasteiger charge is 2.12. The summed E-state index contributed by atoms with van der Waals surface area (Å²) < 4.78 is 4.65. The molecule has 1 rings (SSSR count). The van der Waals surface area contributed by atoms with Crippen LogP contribution in [0.15, 0.2) is 11.4 Å². The lowest BCUT2D eigenvalue weighted by Gasteiger charge is -2.03. The molecule has 0 saturated carbocycles. The molecule has 13 heavy (non-hydrogen) atoms. The van der Waals surface area contributed by atoms with Gasteiger partial charge in [-0.3, -0.25) is 0 Å². The average molecular weight is 199 g/mol. The lowest BCUT2D eigenvalue weighted by atomic mass is 10.3. The van der Waals surface area contributed by atoms with Crippen molar-refractivity contribution >= 4 is 23.0 Å². The van der Waals surface area contributed by atoms with Gasteiger partial charge in [0, 0.05) is 6.54 Å². The second kappa shape index (κ2) is 4.87. The summed E-state index contributed by atoms with van der Waals surface area (Å²) in [6, 6.07) is 1.90. The molecule has 3 nitrogen and oxygen atoms in total. The van der Waals surface area contributed by atoms with Gasteiger partial charge in [-0.25, -0.2) is 4.79 Å². The predicted octanol–water partition coefficient (Wildman–Crippen LogP) is 2.36. The van der Waals surface area contributed by atoms with E-state index in [1.165, 1.54) is 18.4 Å². The zero-order chi connectivity index (χ0) is 9.68. The minimum atomic E-state index is -0.270. The molecule has 1 N–H and O–H groups in total. The van der Waals surface area contributed by atoms with Crippen LogP contribution in [-0.4, -0.2) is 19.6 Å². The van der Waals surface area contributed by atoms with E-state index in [9.17, 15) is 4.79 Å². The Kier molecular flexibility index (Phi) is 3.76. The van der Waals surface area contributed by atoms with Gasteiger partial charge >= 0.3 is 5.97 Å². The van der Waals surface area contributed by atoms with E-state index in [0.717, 1.165) is 18.7 Å². The number of carbonyl (C=O) groups excluding carboxylic acids is 1. The number of nitrogens with one attached hydrogen (secondary N) is 1. The van der Waals surface area contributed by atoms with E-state index in [2.05, 4.69) is 17.0 Å². The van der Waals surface area contributed by atoms with Crippen LogP contribution in [0.1, 0.15) is 23.0 Å². The normalized spacial score (nSPS) is 9.69. The van der Waals surface area contributed by atoms with Gasteiger partial charge in [0.2, 0.25) is 0 Å². The first-order valence-electron chi connectivity index (χ1n) is 4.19. The van der Waals surface area contributed by atoms with E-state index in [1.807, 2.05) is 11.4 Å². The monoisotopic (exact) mass is 199 g/mol. The number of methoxy groups -OCH3 is 1. The van der Waals surface area contributed by atoms with Crippen LogP contribution in [0.5, 0.6) is 0 Å². The van der Waals surface area contributed by atoms with Crippen molar-refractivity contribution < 1.29 is 9.53 Å². The van der Waals surface area contributed by atoms with E-state index in [4.69, 9.17) is 0 Å². The highest BCUT2D eigenvalue weighted by Crippen LogP contribution is 2.22. The fraction of sp³-hybridized carbons (Fsp3) is 0.444. The summed E-state index contributed by atoms with van der Waals surface area (Å²) in [5.74, 6) is -0.270. The van der Waals surface area contributed by atoms with Crippen LogP contribution in [-0.2, 0) is 4.74 Å². The first kappa shape index (κ1) is 10.1. The van der Waals surface area contributed by atoms with Crippen LogP contribution in [0.2, 0.25) is 0 Å². The lowest BCUT2D eigenvalue weighted by molar-refractivity contribution is 0.0607. The SMILES string of the molecule is CCCNc1ccsc1C(=O)OC. The Morgan fingerprint density at radius 1 is 1.69 bits per heavy atom. The molecule has 1 heterocycles. The molecule has 0 aliphatic heterocycles. The number of thiophene rings is 1. The molecule has 0 atom stereocenters. The molecule has 0 unspecified atom stereocenters. The maximum absolute atomic E-state index is 11.2. The molecule has 0 aliphatic rings. The van der Waals surface area contributed by atoms with Crippen LogP contribution < -0.4 is 5.32 Å². The molecule has 1 aromatic rings. The van der Waals surface area contributed by atoms with Crippen molar-refractivity contribution in [3.05, 3.63) is 16.3 Å². The Morgan fingerprint density at radius 3 is 3.08 bits per heavy atom. The first-order valence-corrected chi connectivity index (χ1v) is 5.07. The number of anilines is 1. The van der Waals surface area contributed by atoms with Gasteiger partial charge in [-0.15, -0.1) is 11.3 Å². The Morgan fingerprint density at radius 2 is 2.46 bits per heavy atom. The second-order valence-corrected chi connectivity index (χ2v) is 3.50. The van der Waals surface area contributed by atoms with E-state index in [0.29, 0.717) is 4.88 Å². The van der Waals surface area contributed by atoms with Crippen molar-refractivity contribution in [2.24, 2.45) is 0 Å². The number of esters is 1. The molecule has 1 aromatic heterocycles. The Hall–Kier alpha value is -1.03. The fourth-order valence-corrected chi connectivity index (χ4v) is 1.75. The quantitative estimate of drug-likeness (QED) is 0.756. The molecule has 0 aromatic carbocycles. The smallest absolute Gasteiger partial charge is 0.350 e. The molecule has 0 aliphatic carbocycles. The number of rotatable bonds is 4. The van der Waals surface area contributed by atoms with Gasteiger partial charge in [0.1, 0.15) is 4.88 Å². The van der Waals surface area contributed by atoms with Gasteiger partial charge in [-0.2, -0.15) is 0 Å². The minimum absolute atomic E-state index is 0.270. The summed E-state index contributed by atoms with van der Waals surface area (Å²) in [5.41, 5.74) is 0.874. The second-order valence-electron chi connectivity index (χ2n) is 2.58. The third-order valence-electron chi connectivity index (χ3n) is 1.60.